The summed E-state index contributed by atoms with van der Waals surface area (Å²) in [6.07, 6.45) is -0.196. The summed E-state index contributed by atoms with van der Waals surface area (Å²) in [6, 6.07) is 15.9. The molecule has 0 bridgehead atoms. The van der Waals surface area contributed by atoms with Crippen molar-refractivity contribution in [2.24, 2.45) is 0 Å². The third-order valence-electron chi connectivity index (χ3n) is 3.74. The number of hydrogen-bond acceptors (Lipinski definition) is 3. The summed E-state index contributed by atoms with van der Waals surface area (Å²) < 4.78 is 5.81. The summed E-state index contributed by atoms with van der Waals surface area (Å²) in [6.45, 7) is 3.78. The van der Waals surface area contributed by atoms with E-state index in [9.17, 15) is 9.59 Å². The molecule has 24 heavy (non-hydrogen) atoms. The van der Waals surface area contributed by atoms with Gasteiger partial charge < -0.3 is 15.4 Å². The average Bonchev–Trinajstić information content (AvgIpc) is 2.61. The topological polar surface area (TPSA) is 67.4 Å². The van der Waals surface area contributed by atoms with E-state index in [2.05, 4.69) is 10.6 Å². The molecule has 0 fully saturated rings. The van der Waals surface area contributed by atoms with Gasteiger partial charge in [-0.15, -0.1) is 0 Å². The number of para-hydroxylation sites is 1. The highest BCUT2D eigenvalue weighted by molar-refractivity contribution is 5.99. The van der Waals surface area contributed by atoms with Gasteiger partial charge in [0.1, 0.15) is 11.9 Å². The fraction of sp³-hybridized carbons (Fsp3) is 0.263. The van der Waals surface area contributed by atoms with Crippen molar-refractivity contribution < 1.29 is 14.3 Å². The van der Waals surface area contributed by atoms with Crippen LogP contribution in [0.4, 0.5) is 0 Å². The van der Waals surface area contributed by atoms with Gasteiger partial charge in [0.15, 0.2) is 0 Å². The van der Waals surface area contributed by atoms with E-state index in [1.54, 1.807) is 31.3 Å². The van der Waals surface area contributed by atoms with Crippen LogP contribution in [0.5, 0.6) is 5.75 Å². The third kappa shape index (κ3) is 4.59. The summed E-state index contributed by atoms with van der Waals surface area (Å²) in [5.74, 6) is 0.294. The van der Waals surface area contributed by atoms with Gasteiger partial charge >= 0.3 is 0 Å². The van der Waals surface area contributed by atoms with Crippen molar-refractivity contribution in [3.05, 3.63) is 65.7 Å². The number of carbonyl (C=O) groups excluding carboxylic acids is 2. The lowest BCUT2D eigenvalue weighted by Crippen LogP contribution is -2.42. The summed E-state index contributed by atoms with van der Waals surface area (Å²) >= 11 is 0. The van der Waals surface area contributed by atoms with Crippen LogP contribution in [0.15, 0.2) is 54.6 Å². The highest BCUT2D eigenvalue weighted by atomic mass is 16.5. The van der Waals surface area contributed by atoms with Crippen molar-refractivity contribution in [1.29, 1.82) is 0 Å². The van der Waals surface area contributed by atoms with Crippen LogP contribution in [0, 0.1) is 0 Å². The summed E-state index contributed by atoms with van der Waals surface area (Å²) in [4.78, 5) is 24.0. The molecule has 0 aliphatic heterocycles. The monoisotopic (exact) mass is 326 g/mol. The second kappa shape index (κ2) is 8.15. The van der Waals surface area contributed by atoms with Gasteiger partial charge in [0.2, 0.25) is 0 Å². The first-order valence-corrected chi connectivity index (χ1v) is 7.86. The molecule has 0 aliphatic carbocycles. The van der Waals surface area contributed by atoms with E-state index in [1.165, 1.54) is 0 Å². The van der Waals surface area contributed by atoms with Crippen molar-refractivity contribution >= 4 is 11.8 Å². The van der Waals surface area contributed by atoms with Crippen LogP contribution >= 0.6 is 0 Å². The number of nitrogens with one attached hydrogen (secondary N) is 2. The van der Waals surface area contributed by atoms with Crippen LogP contribution in [-0.4, -0.2) is 31.0 Å². The molecule has 5 heteroatoms. The molecule has 0 aliphatic rings. The Hall–Kier alpha value is -2.82. The maximum Gasteiger partial charge on any atom is 0.251 e. The molecule has 2 aromatic rings. The molecule has 2 amide bonds. The molecule has 0 aromatic heterocycles. The molecule has 2 atom stereocenters. The van der Waals surface area contributed by atoms with Crippen LogP contribution in [0.2, 0.25) is 0 Å². The van der Waals surface area contributed by atoms with Crippen LogP contribution in [0.1, 0.15) is 34.6 Å². The van der Waals surface area contributed by atoms with Crippen molar-refractivity contribution in [3.63, 3.8) is 0 Å². The van der Waals surface area contributed by atoms with Gasteiger partial charge in [0.25, 0.3) is 11.8 Å². The Bertz CT molecular complexity index is 701. The number of ether oxygens (including phenoxy) is 1. The molecule has 2 N–H and O–H groups in total. The van der Waals surface area contributed by atoms with Gasteiger partial charge in [0.05, 0.1) is 6.04 Å². The lowest BCUT2D eigenvalue weighted by Gasteiger charge is -2.22. The first kappa shape index (κ1) is 17.5. The van der Waals surface area contributed by atoms with Crippen LogP contribution < -0.4 is 15.4 Å². The number of amides is 2. The average molecular weight is 326 g/mol. The minimum absolute atomic E-state index is 0.193. The zero-order valence-electron chi connectivity index (χ0n) is 14.1. The van der Waals surface area contributed by atoms with Crippen LogP contribution in [-0.2, 0) is 0 Å². The van der Waals surface area contributed by atoms with Crippen molar-refractivity contribution in [1.82, 2.24) is 10.6 Å². The normalized spacial score (nSPS) is 12.8. The highest BCUT2D eigenvalue weighted by Crippen LogP contribution is 2.13. The molecular formula is C19H22N2O3. The van der Waals surface area contributed by atoms with E-state index in [0.29, 0.717) is 11.1 Å². The Morgan fingerprint density at radius 2 is 1.54 bits per heavy atom. The van der Waals surface area contributed by atoms with Crippen molar-refractivity contribution in [2.45, 2.75) is 26.0 Å². The van der Waals surface area contributed by atoms with Gasteiger partial charge in [-0.3, -0.25) is 9.59 Å². The minimum atomic E-state index is -0.239. The molecular weight excluding hydrogens is 304 g/mol. The van der Waals surface area contributed by atoms with Gasteiger partial charge in [-0.25, -0.2) is 0 Å². The molecule has 0 saturated carbocycles. The lowest BCUT2D eigenvalue weighted by molar-refractivity contribution is 0.0894. The lowest BCUT2D eigenvalue weighted by atomic mass is 10.1. The molecule has 0 radical (unpaired) electrons. The number of carbonyl (C=O) groups is 2. The SMILES string of the molecule is CNC(=O)c1cccc(C(=O)N[C@H](C)[C@@H](C)Oc2ccccc2)c1. The Labute approximate surface area is 142 Å². The maximum absolute atomic E-state index is 12.4. The largest absolute Gasteiger partial charge is 0.489 e. The molecule has 0 heterocycles. The summed E-state index contributed by atoms with van der Waals surface area (Å²) in [7, 11) is 1.56. The van der Waals surface area contributed by atoms with E-state index in [-0.39, 0.29) is 24.0 Å². The van der Waals surface area contributed by atoms with Crippen LogP contribution in [0.3, 0.4) is 0 Å². The Morgan fingerprint density at radius 1 is 0.917 bits per heavy atom. The first-order chi connectivity index (χ1) is 11.5. The number of hydrogen-bond donors (Lipinski definition) is 2. The smallest absolute Gasteiger partial charge is 0.251 e. The molecule has 5 nitrogen and oxygen atoms in total. The molecule has 0 spiro atoms. The summed E-state index contributed by atoms with van der Waals surface area (Å²) in [5.41, 5.74) is 0.890. The molecule has 2 aromatic carbocycles. The highest BCUT2D eigenvalue weighted by Gasteiger charge is 2.18. The predicted octanol–water partition coefficient (Wildman–Crippen LogP) is 2.63. The van der Waals surface area contributed by atoms with Crippen LogP contribution in [0.25, 0.3) is 0 Å². The number of rotatable bonds is 6. The molecule has 126 valence electrons. The Morgan fingerprint density at radius 3 is 2.17 bits per heavy atom. The van der Waals surface area contributed by atoms with Gasteiger partial charge in [-0.2, -0.15) is 0 Å². The second-order valence-electron chi connectivity index (χ2n) is 5.56. The Balaban J connectivity index is 1.99. The fourth-order valence-electron chi connectivity index (χ4n) is 2.17. The van der Waals surface area contributed by atoms with E-state index >= 15 is 0 Å². The maximum atomic E-state index is 12.4. The molecule has 0 unspecified atom stereocenters. The van der Waals surface area contributed by atoms with Crippen molar-refractivity contribution in [3.8, 4) is 5.75 Å². The van der Waals surface area contributed by atoms with E-state index in [1.807, 2.05) is 44.2 Å². The number of benzene rings is 2. The van der Waals surface area contributed by atoms with Gasteiger partial charge in [0, 0.05) is 18.2 Å². The van der Waals surface area contributed by atoms with E-state index in [4.69, 9.17) is 4.74 Å². The van der Waals surface area contributed by atoms with Gasteiger partial charge in [-0.1, -0.05) is 24.3 Å². The standard InChI is InChI=1S/C19H22N2O3/c1-13(14(2)24-17-10-5-4-6-11-17)21-19(23)16-9-7-8-15(12-16)18(22)20-3/h4-14H,1-3H3,(H,20,22)(H,21,23)/t13-,14-/m1/s1. The molecule has 2 rings (SSSR count). The fourth-order valence-corrected chi connectivity index (χ4v) is 2.17. The van der Waals surface area contributed by atoms with E-state index in [0.717, 1.165) is 5.75 Å². The zero-order chi connectivity index (χ0) is 17.5. The quantitative estimate of drug-likeness (QED) is 0.857. The van der Waals surface area contributed by atoms with E-state index < -0.39 is 0 Å². The molecule has 0 saturated heterocycles. The minimum Gasteiger partial charge on any atom is -0.489 e. The summed E-state index contributed by atoms with van der Waals surface area (Å²) in [5, 5.41) is 5.45. The second-order valence-corrected chi connectivity index (χ2v) is 5.56. The first-order valence-electron chi connectivity index (χ1n) is 7.86. The Kier molecular flexibility index (Phi) is 5.95. The van der Waals surface area contributed by atoms with Crippen molar-refractivity contribution in [2.75, 3.05) is 7.05 Å². The van der Waals surface area contributed by atoms with Gasteiger partial charge in [-0.05, 0) is 44.2 Å². The zero-order valence-corrected chi connectivity index (χ0v) is 14.1. The predicted molar refractivity (Wildman–Crippen MR) is 93.3 cm³/mol. The third-order valence-corrected chi connectivity index (χ3v) is 3.74.